The first-order valence-corrected chi connectivity index (χ1v) is 12.9. The van der Waals surface area contributed by atoms with E-state index in [1.54, 1.807) is 4.68 Å². The molecule has 2 aromatic rings. The molecule has 8 nitrogen and oxygen atoms in total. The van der Waals surface area contributed by atoms with Gasteiger partial charge in [0.05, 0.1) is 23.2 Å². The summed E-state index contributed by atoms with van der Waals surface area (Å²) in [6, 6.07) is 7.72. The van der Waals surface area contributed by atoms with Gasteiger partial charge < -0.3 is 15.1 Å². The van der Waals surface area contributed by atoms with Gasteiger partial charge in [-0.1, -0.05) is 0 Å². The van der Waals surface area contributed by atoms with Gasteiger partial charge in [0.15, 0.2) is 9.84 Å². The molecule has 0 unspecified atom stereocenters. The Morgan fingerprint density at radius 1 is 1.10 bits per heavy atom. The molecule has 0 spiro atoms. The van der Waals surface area contributed by atoms with E-state index in [-0.39, 0.29) is 23.5 Å². The van der Waals surface area contributed by atoms with E-state index in [0.717, 1.165) is 68.1 Å². The molecule has 1 amide bonds. The van der Waals surface area contributed by atoms with E-state index in [1.165, 1.54) is 0 Å². The van der Waals surface area contributed by atoms with Gasteiger partial charge in [-0.05, 0) is 57.0 Å². The molecule has 1 aromatic heterocycles. The Balaban J connectivity index is 1.35. The van der Waals surface area contributed by atoms with Crippen LogP contribution in [0.5, 0.6) is 0 Å². The minimum absolute atomic E-state index is 0.0631. The number of fused-ring (bicyclic) bond motifs is 1. The molecule has 1 N–H and O–H groups in total. The number of anilines is 2. The molecular weight excluding hydrogens is 414 g/mol. The number of aromatic nitrogens is 2. The maximum absolute atomic E-state index is 13.3. The molecule has 5 rings (SSSR count). The van der Waals surface area contributed by atoms with Crippen molar-refractivity contribution in [1.29, 1.82) is 0 Å². The second kappa shape index (κ2) is 7.94. The molecule has 1 aromatic carbocycles. The van der Waals surface area contributed by atoms with Crippen LogP contribution in [-0.2, 0) is 22.7 Å². The van der Waals surface area contributed by atoms with E-state index < -0.39 is 9.84 Å². The summed E-state index contributed by atoms with van der Waals surface area (Å²) in [7, 11) is -0.919. The highest BCUT2D eigenvalue weighted by atomic mass is 32.2. The molecule has 3 heterocycles. The van der Waals surface area contributed by atoms with Crippen molar-refractivity contribution < 1.29 is 13.2 Å². The zero-order valence-corrected chi connectivity index (χ0v) is 18.7. The van der Waals surface area contributed by atoms with Gasteiger partial charge >= 0.3 is 0 Å². The van der Waals surface area contributed by atoms with Crippen molar-refractivity contribution in [3.8, 4) is 0 Å². The quantitative estimate of drug-likeness (QED) is 0.775. The largest absolute Gasteiger partial charge is 0.369 e. The predicted octanol–water partition coefficient (Wildman–Crippen LogP) is 1.74. The summed E-state index contributed by atoms with van der Waals surface area (Å²) in [5, 5.41) is 7.68. The van der Waals surface area contributed by atoms with Crippen molar-refractivity contribution in [2.24, 2.45) is 0 Å². The van der Waals surface area contributed by atoms with Crippen molar-refractivity contribution in [1.82, 2.24) is 14.7 Å². The summed E-state index contributed by atoms with van der Waals surface area (Å²) in [6.45, 7) is 4.09. The fourth-order valence-electron chi connectivity index (χ4n) is 4.90. The third-order valence-corrected chi connectivity index (χ3v) is 8.45. The zero-order valence-electron chi connectivity index (χ0n) is 17.9. The summed E-state index contributed by atoms with van der Waals surface area (Å²) in [6.07, 6.45) is 3.17. The van der Waals surface area contributed by atoms with Crippen LogP contribution in [0.4, 0.5) is 11.4 Å². The Bertz CT molecular complexity index is 1090. The van der Waals surface area contributed by atoms with Crippen molar-refractivity contribution in [2.75, 3.05) is 54.9 Å². The lowest BCUT2D eigenvalue weighted by atomic mass is 10.1. The Labute approximate surface area is 183 Å². The first-order valence-electron chi connectivity index (χ1n) is 11.1. The zero-order chi connectivity index (χ0) is 21.6. The van der Waals surface area contributed by atoms with Crippen molar-refractivity contribution in [2.45, 2.75) is 31.7 Å². The molecule has 0 radical (unpaired) electrons. The van der Waals surface area contributed by atoms with Crippen LogP contribution in [-0.4, -0.2) is 73.7 Å². The number of sulfone groups is 1. The third-order valence-electron chi connectivity index (χ3n) is 6.70. The number of aryl methyl sites for hydroxylation is 1. The second-order valence-electron chi connectivity index (χ2n) is 8.92. The molecule has 1 atom stereocenters. The maximum Gasteiger partial charge on any atom is 0.274 e. The van der Waals surface area contributed by atoms with E-state index in [0.29, 0.717) is 12.1 Å². The van der Waals surface area contributed by atoms with Crippen LogP contribution in [0.15, 0.2) is 24.3 Å². The Kier molecular flexibility index (Phi) is 5.26. The summed E-state index contributed by atoms with van der Waals surface area (Å²) >= 11 is 0. The highest BCUT2D eigenvalue weighted by Crippen LogP contribution is 2.32. The van der Waals surface area contributed by atoms with Crippen LogP contribution in [0.2, 0.25) is 0 Å². The molecule has 2 aliphatic heterocycles. The van der Waals surface area contributed by atoms with Crippen molar-refractivity contribution in [3.05, 3.63) is 41.2 Å². The Morgan fingerprint density at radius 2 is 1.84 bits per heavy atom. The van der Waals surface area contributed by atoms with Gasteiger partial charge in [0.1, 0.15) is 5.69 Å². The van der Waals surface area contributed by atoms with Gasteiger partial charge in [0, 0.05) is 43.1 Å². The summed E-state index contributed by atoms with van der Waals surface area (Å²) in [4.78, 5) is 17.9. The topological polar surface area (TPSA) is 87.5 Å². The van der Waals surface area contributed by atoms with Crippen LogP contribution < -0.4 is 10.2 Å². The predicted molar refractivity (Wildman–Crippen MR) is 121 cm³/mol. The first-order chi connectivity index (χ1) is 14.9. The average Bonchev–Trinajstić information content (AvgIpc) is 3.43. The van der Waals surface area contributed by atoms with E-state index in [9.17, 15) is 13.2 Å². The normalized spacial score (nSPS) is 23.1. The van der Waals surface area contributed by atoms with Gasteiger partial charge in [-0.15, -0.1) is 0 Å². The first kappa shape index (κ1) is 20.5. The van der Waals surface area contributed by atoms with Crippen LogP contribution in [0.25, 0.3) is 0 Å². The van der Waals surface area contributed by atoms with Crippen LogP contribution in [0.1, 0.15) is 40.6 Å². The summed E-state index contributed by atoms with van der Waals surface area (Å²) in [5.41, 5.74) is 4.36. The molecule has 3 aliphatic rings. The van der Waals surface area contributed by atoms with E-state index >= 15 is 0 Å². The number of carbonyl (C=O) groups is 1. The Morgan fingerprint density at radius 3 is 2.52 bits per heavy atom. The van der Waals surface area contributed by atoms with E-state index in [2.05, 4.69) is 27.3 Å². The number of likely N-dealkylation sites (N-methyl/N-ethyl adjacent to an activating group) is 1. The van der Waals surface area contributed by atoms with E-state index in [1.807, 2.05) is 24.3 Å². The smallest absolute Gasteiger partial charge is 0.274 e. The van der Waals surface area contributed by atoms with Crippen LogP contribution >= 0.6 is 0 Å². The minimum Gasteiger partial charge on any atom is -0.369 e. The second-order valence-corrected chi connectivity index (χ2v) is 11.1. The van der Waals surface area contributed by atoms with Gasteiger partial charge in [-0.2, -0.15) is 5.10 Å². The number of hydrogen-bond donors (Lipinski definition) is 1. The monoisotopic (exact) mass is 443 g/mol. The SMILES string of the molecule is CN1CCN(c2ccc(NC(=O)c3c4c(nn3[C@H]3CCS(=O)(=O)C3)CCC4)cc2)CC1. The van der Waals surface area contributed by atoms with Gasteiger partial charge in [-0.3, -0.25) is 9.48 Å². The molecule has 0 bridgehead atoms. The number of nitrogens with zero attached hydrogens (tertiary/aromatic N) is 4. The molecule has 0 saturated carbocycles. The molecular formula is C22H29N5O3S. The number of nitrogens with one attached hydrogen (secondary N) is 1. The average molecular weight is 444 g/mol. The number of piperazine rings is 1. The number of carbonyl (C=O) groups excluding carboxylic acids is 1. The van der Waals surface area contributed by atoms with Crippen molar-refractivity contribution >= 4 is 27.1 Å². The fourth-order valence-corrected chi connectivity index (χ4v) is 6.59. The number of hydrogen-bond acceptors (Lipinski definition) is 6. The lowest BCUT2D eigenvalue weighted by Gasteiger charge is -2.34. The molecule has 1 aliphatic carbocycles. The van der Waals surface area contributed by atoms with E-state index in [4.69, 9.17) is 0 Å². The van der Waals surface area contributed by atoms with Crippen molar-refractivity contribution in [3.63, 3.8) is 0 Å². The highest BCUT2D eigenvalue weighted by Gasteiger charge is 2.35. The highest BCUT2D eigenvalue weighted by molar-refractivity contribution is 7.91. The third kappa shape index (κ3) is 4.08. The lowest BCUT2D eigenvalue weighted by Crippen LogP contribution is -2.44. The number of amides is 1. The molecule has 2 fully saturated rings. The van der Waals surface area contributed by atoms with Gasteiger partial charge in [0.25, 0.3) is 5.91 Å². The Hall–Kier alpha value is -2.39. The number of benzene rings is 1. The van der Waals surface area contributed by atoms with Crippen LogP contribution in [0, 0.1) is 0 Å². The molecule has 2 saturated heterocycles. The molecule has 9 heteroatoms. The standard InChI is InChI=1S/C22H29N5O3S/c1-25-10-12-26(13-11-25)17-7-5-16(6-8-17)23-22(28)21-19-3-2-4-20(19)24-27(21)18-9-14-31(29,30)15-18/h5-8,18H,2-4,9-15H2,1H3,(H,23,28)/t18-/m0/s1. The van der Waals surface area contributed by atoms with Gasteiger partial charge in [0.2, 0.25) is 0 Å². The summed E-state index contributed by atoms with van der Waals surface area (Å²) in [5.74, 6) is 0.0252. The maximum atomic E-state index is 13.3. The number of rotatable bonds is 4. The van der Waals surface area contributed by atoms with Crippen LogP contribution in [0.3, 0.4) is 0 Å². The fraction of sp³-hybridized carbons (Fsp3) is 0.545. The molecule has 31 heavy (non-hydrogen) atoms. The van der Waals surface area contributed by atoms with Gasteiger partial charge in [-0.25, -0.2) is 8.42 Å². The molecule has 166 valence electrons. The lowest BCUT2D eigenvalue weighted by molar-refractivity contribution is 0.101. The summed E-state index contributed by atoms with van der Waals surface area (Å²) < 4.78 is 25.7. The minimum atomic E-state index is -3.06.